The van der Waals surface area contributed by atoms with Crippen LogP contribution >= 0.6 is 23.2 Å². The summed E-state index contributed by atoms with van der Waals surface area (Å²) in [6, 6.07) is 4.79. The number of aliphatic imine (C=N–C) groups is 1. The van der Waals surface area contributed by atoms with Gasteiger partial charge in [-0.25, -0.2) is 0 Å². The van der Waals surface area contributed by atoms with Gasteiger partial charge in [-0.2, -0.15) is 0 Å². The summed E-state index contributed by atoms with van der Waals surface area (Å²) in [5, 5.41) is 0.801. The first kappa shape index (κ1) is 16.9. The van der Waals surface area contributed by atoms with Crippen molar-refractivity contribution in [1.29, 1.82) is 0 Å². The van der Waals surface area contributed by atoms with Crippen LogP contribution in [0, 0.1) is 11.8 Å². The van der Waals surface area contributed by atoms with Crippen LogP contribution in [-0.4, -0.2) is 18.5 Å². The second kappa shape index (κ2) is 7.70. The molecule has 5 nitrogen and oxygen atoms in total. The van der Waals surface area contributed by atoms with E-state index in [9.17, 15) is 4.79 Å². The standard InChI is InChI=1S/C15H19Cl2N3O2/c16-12-6-5-11(7-13(12)17)22-14(21)10-3-1-9(2-4-10)8-20-15(18)19/h5-7,9-10H,1-4,8H2,(H4,18,19,20). The van der Waals surface area contributed by atoms with Crippen LogP contribution in [0.3, 0.4) is 0 Å². The summed E-state index contributed by atoms with van der Waals surface area (Å²) in [6.07, 6.45) is 3.39. The molecule has 22 heavy (non-hydrogen) atoms. The van der Waals surface area contributed by atoms with E-state index in [1.807, 2.05) is 0 Å². The molecule has 0 atom stereocenters. The lowest BCUT2D eigenvalue weighted by molar-refractivity contribution is -0.140. The lowest BCUT2D eigenvalue weighted by atomic mass is 9.82. The van der Waals surface area contributed by atoms with Gasteiger partial charge in [0.05, 0.1) is 16.0 Å². The topological polar surface area (TPSA) is 90.7 Å². The molecule has 1 aliphatic carbocycles. The van der Waals surface area contributed by atoms with E-state index in [2.05, 4.69) is 4.99 Å². The van der Waals surface area contributed by atoms with Crippen molar-refractivity contribution >= 4 is 35.1 Å². The second-order valence-corrected chi connectivity index (χ2v) is 6.29. The third kappa shape index (κ3) is 4.78. The number of carbonyl (C=O) groups is 1. The fourth-order valence-corrected chi connectivity index (χ4v) is 2.84. The van der Waals surface area contributed by atoms with Crippen LogP contribution in [0.1, 0.15) is 25.7 Å². The molecule has 120 valence electrons. The number of carbonyl (C=O) groups excluding carboxylic acids is 1. The molecular weight excluding hydrogens is 325 g/mol. The highest BCUT2D eigenvalue weighted by atomic mass is 35.5. The summed E-state index contributed by atoms with van der Waals surface area (Å²) in [5.41, 5.74) is 10.7. The van der Waals surface area contributed by atoms with Gasteiger partial charge in [-0.05, 0) is 43.7 Å². The zero-order valence-corrected chi connectivity index (χ0v) is 13.6. The first-order valence-corrected chi connectivity index (χ1v) is 7.93. The Labute approximate surface area is 139 Å². The number of guanidine groups is 1. The Balaban J connectivity index is 1.84. The van der Waals surface area contributed by atoms with E-state index in [4.69, 9.17) is 39.4 Å². The normalized spacial score (nSPS) is 21.2. The summed E-state index contributed by atoms with van der Waals surface area (Å²) in [7, 11) is 0. The summed E-state index contributed by atoms with van der Waals surface area (Å²) >= 11 is 11.7. The van der Waals surface area contributed by atoms with E-state index in [-0.39, 0.29) is 17.8 Å². The molecule has 4 N–H and O–H groups in total. The minimum atomic E-state index is -0.223. The molecule has 1 aromatic carbocycles. The lowest BCUT2D eigenvalue weighted by Gasteiger charge is -2.26. The number of rotatable bonds is 4. The summed E-state index contributed by atoms with van der Waals surface area (Å²) in [5.74, 6) is 0.642. The highest BCUT2D eigenvalue weighted by Crippen LogP contribution is 2.31. The molecule has 7 heteroatoms. The molecule has 0 amide bonds. The lowest BCUT2D eigenvalue weighted by Crippen LogP contribution is -2.28. The number of halogens is 2. The van der Waals surface area contributed by atoms with Crippen molar-refractivity contribution < 1.29 is 9.53 Å². The van der Waals surface area contributed by atoms with Crippen LogP contribution in [0.4, 0.5) is 0 Å². The number of hydrogen-bond donors (Lipinski definition) is 2. The van der Waals surface area contributed by atoms with Gasteiger partial charge in [-0.15, -0.1) is 0 Å². The van der Waals surface area contributed by atoms with Gasteiger partial charge in [-0.1, -0.05) is 23.2 Å². The van der Waals surface area contributed by atoms with Crippen LogP contribution in [0.15, 0.2) is 23.2 Å². The van der Waals surface area contributed by atoms with Crippen molar-refractivity contribution in [3.63, 3.8) is 0 Å². The molecule has 0 unspecified atom stereocenters. The maximum absolute atomic E-state index is 12.2. The van der Waals surface area contributed by atoms with E-state index in [1.165, 1.54) is 0 Å². The Morgan fingerprint density at radius 1 is 1.18 bits per heavy atom. The number of benzene rings is 1. The van der Waals surface area contributed by atoms with Crippen molar-refractivity contribution in [2.24, 2.45) is 28.3 Å². The summed E-state index contributed by atoms with van der Waals surface area (Å²) in [4.78, 5) is 16.2. The molecule has 0 aliphatic heterocycles. The van der Waals surface area contributed by atoms with E-state index < -0.39 is 0 Å². The van der Waals surface area contributed by atoms with Crippen molar-refractivity contribution in [1.82, 2.24) is 0 Å². The number of nitrogens with two attached hydrogens (primary N) is 2. The van der Waals surface area contributed by atoms with Crippen molar-refractivity contribution in [2.45, 2.75) is 25.7 Å². The van der Waals surface area contributed by atoms with E-state index >= 15 is 0 Å². The van der Waals surface area contributed by atoms with Gasteiger partial charge in [0.25, 0.3) is 0 Å². The van der Waals surface area contributed by atoms with Gasteiger partial charge in [0.15, 0.2) is 5.96 Å². The number of esters is 1. The Bertz CT molecular complexity index is 566. The third-order valence-electron chi connectivity index (χ3n) is 3.82. The van der Waals surface area contributed by atoms with E-state index in [0.717, 1.165) is 25.7 Å². The van der Waals surface area contributed by atoms with Crippen molar-refractivity contribution in [3.05, 3.63) is 28.2 Å². The zero-order chi connectivity index (χ0) is 16.1. The quantitative estimate of drug-likeness (QED) is 0.380. The SMILES string of the molecule is NC(N)=NCC1CCC(C(=O)Oc2ccc(Cl)c(Cl)c2)CC1. The maximum atomic E-state index is 12.2. The van der Waals surface area contributed by atoms with Gasteiger partial charge < -0.3 is 16.2 Å². The van der Waals surface area contributed by atoms with Crippen LogP contribution < -0.4 is 16.2 Å². The number of ether oxygens (including phenoxy) is 1. The van der Waals surface area contributed by atoms with E-state index in [1.54, 1.807) is 18.2 Å². The molecule has 1 fully saturated rings. The number of nitrogens with zero attached hydrogens (tertiary/aromatic N) is 1. The molecule has 0 spiro atoms. The second-order valence-electron chi connectivity index (χ2n) is 5.48. The first-order chi connectivity index (χ1) is 10.5. The van der Waals surface area contributed by atoms with Crippen molar-refractivity contribution in [3.8, 4) is 5.75 Å². The van der Waals surface area contributed by atoms with Gasteiger partial charge in [0.1, 0.15) is 5.75 Å². The van der Waals surface area contributed by atoms with Crippen LogP contribution in [0.25, 0.3) is 0 Å². The Hall–Kier alpha value is -1.46. The van der Waals surface area contributed by atoms with Gasteiger partial charge >= 0.3 is 5.97 Å². The Morgan fingerprint density at radius 2 is 1.86 bits per heavy atom. The molecule has 0 radical (unpaired) electrons. The highest BCUT2D eigenvalue weighted by Gasteiger charge is 2.27. The fraction of sp³-hybridized carbons (Fsp3) is 0.467. The minimum absolute atomic E-state index is 0.0927. The van der Waals surface area contributed by atoms with Gasteiger partial charge in [0.2, 0.25) is 0 Å². The van der Waals surface area contributed by atoms with Crippen molar-refractivity contribution in [2.75, 3.05) is 6.54 Å². The Kier molecular flexibility index (Phi) is 5.91. The van der Waals surface area contributed by atoms with Crippen LogP contribution in [0.5, 0.6) is 5.75 Å². The third-order valence-corrected chi connectivity index (χ3v) is 4.56. The number of hydrogen-bond acceptors (Lipinski definition) is 3. The van der Waals surface area contributed by atoms with Crippen LogP contribution in [-0.2, 0) is 4.79 Å². The first-order valence-electron chi connectivity index (χ1n) is 7.18. The molecule has 0 bridgehead atoms. The minimum Gasteiger partial charge on any atom is -0.426 e. The highest BCUT2D eigenvalue weighted by molar-refractivity contribution is 6.42. The predicted molar refractivity (Wildman–Crippen MR) is 88.2 cm³/mol. The molecule has 1 saturated carbocycles. The molecule has 0 aromatic heterocycles. The largest absolute Gasteiger partial charge is 0.426 e. The monoisotopic (exact) mass is 343 g/mol. The molecular formula is C15H19Cl2N3O2. The average Bonchev–Trinajstić information content (AvgIpc) is 2.49. The smallest absolute Gasteiger partial charge is 0.314 e. The molecule has 1 aromatic rings. The maximum Gasteiger partial charge on any atom is 0.314 e. The summed E-state index contributed by atoms with van der Waals surface area (Å²) < 4.78 is 5.37. The molecule has 2 rings (SSSR count). The fourth-order valence-electron chi connectivity index (χ4n) is 2.56. The molecule has 0 saturated heterocycles. The van der Waals surface area contributed by atoms with E-state index in [0.29, 0.717) is 28.3 Å². The average molecular weight is 344 g/mol. The van der Waals surface area contributed by atoms with Gasteiger partial charge in [0, 0.05) is 12.6 Å². The summed E-state index contributed by atoms with van der Waals surface area (Å²) in [6.45, 7) is 0.622. The zero-order valence-electron chi connectivity index (χ0n) is 12.1. The molecule has 1 aliphatic rings. The Morgan fingerprint density at radius 3 is 2.45 bits per heavy atom. The van der Waals surface area contributed by atoms with Gasteiger partial charge in [-0.3, -0.25) is 9.79 Å². The molecule has 0 heterocycles. The van der Waals surface area contributed by atoms with Crippen LogP contribution in [0.2, 0.25) is 10.0 Å². The predicted octanol–water partition coefficient (Wildman–Crippen LogP) is 2.98.